The molecule has 0 fully saturated rings. The molecule has 68 valence electrons. The molecule has 1 heterocycles. The van der Waals surface area contributed by atoms with Crippen LogP contribution in [0.4, 0.5) is 0 Å². The Morgan fingerprint density at radius 2 is 2.08 bits per heavy atom. The molecular formula is C10H10BrNO. The van der Waals surface area contributed by atoms with Gasteiger partial charge in [0, 0.05) is 15.6 Å². The van der Waals surface area contributed by atoms with Crippen molar-refractivity contribution in [3.05, 3.63) is 28.4 Å². The zero-order chi connectivity index (χ0) is 9.42. The van der Waals surface area contributed by atoms with Gasteiger partial charge in [-0.25, -0.2) is 0 Å². The number of hydrogen-bond donors (Lipinski definition) is 1. The Morgan fingerprint density at radius 3 is 2.77 bits per heavy atom. The van der Waals surface area contributed by atoms with Crippen LogP contribution >= 0.6 is 15.9 Å². The van der Waals surface area contributed by atoms with Gasteiger partial charge in [0.05, 0.1) is 12.6 Å². The van der Waals surface area contributed by atoms with E-state index in [2.05, 4.69) is 27.0 Å². The Labute approximate surface area is 85.0 Å². The molecule has 0 saturated heterocycles. The number of rotatable bonds is 1. The van der Waals surface area contributed by atoms with Gasteiger partial charge >= 0.3 is 0 Å². The van der Waals surface area contributed by atoms with Crippen molar-refractivity contribution in [2.24, 2.45) is 0 Å². The largest absolute Gasteiger partial charge is 0.497 e. The fourth-order valence-corrected chi connectivity index (χ4v) is 1.99. The van der Waals surface area contributed by atoms with Crippen LogP contribution in [0.1, 0.15) is 5.69 Å². The second kappa shape index (κ2) is 3.07. The minimum Gasteiger partial charge on any atom is -0.497 e. The number of hydrogen-bond acceptors (Lipinski definition) is 1. The molecule has 0 amide bonds. The molecule has 2 nitrogen and oxygen atoms in total. The minimum atomic E-state index is 0.873. The molecule has 0 saturated carbocycles. The smallest absolute Gasteiger partial charge is 0.120 e. The van der Waals surface area contributed by atoms with E-state index in [0.717, 1.165) is 21.4 Å². The summed E-state index contributed by atoms with van der Waals surface area (Å²) in [5.41, 5.74) is 2.28. The Balaban J connectivity index is 2.75. The van der Waals surface area contributed by atoms with Gasteiger partial charge in [0.15, 0.2) is 0 Å². The standard InChI is InChI=1S/C10H10BrNO/c1-6-3-7-4-8(13-2)5-9(11)10(7)12-6/h3-5,12H,1-2H3. The Kier molecular flexibility index (Phi) is 2.04. The number of benzene rings is 1. The van der Waals surface area contributed by atoms with Gasteiger partial charge in [0.1, 0.15) is 5.75 Å². The van der Waals surface area contributed by atoms with Gasteiger partial charge in [-0.3, -0.25) is 0 Å². The van der Waals surface area contributed by atoms with Crippen molar-refractivity contribution in [3.8, 4) is 5.75 Å². The monoisotopic (exact) mass is 239 g/mol. The van der Waals surface area contributed by atoms with E-state index in [9.17, 15) is 0 Å². The molecule has 13 heavy (non-hydrogen) atoms. The van der Waals surface area contributed by atoms with Crippen molar-refractivity contribution in [3.63, 3.8) is 0 Å². The summed E-state index contributed by atoms with van der Waals surface area (Å²) in [5, 5.41) is 1.17. The fraction of sp³-hybridized carbons (Fsp3) is 0.200. The molecule has 0 aliphatic rings. The summed E-state index contributed by atoms with van der Waals surface area (Å²) in [6.07, 6.45) is 0. The summed E-state index contributed by atoms with van der Waals surface area (Å²) in [7, 11) is 1.67. The Hall–Kier alpha value is -0.960. The molecule has 0 aliphatic heterocycles. The van der Waals surface area contributed by atoms with Gasteiger partial charge in [-0.05, 0) is 41.1 Å². The van der Waals surface area contributed by atoms with Crippen LogP contribution in [0.2, 0.25) is 0 Å². The predicted molar refractivity (Wildman–Crippen MR) is 57.3 cm³/mol. The van der Waals surface area contributed by atoms with E-state index in [1.165, 1.54) is 5.39 Å². The van der Waals surface area contributed by atoms with Crippen molar-refractivity contribution in [2.45, 2.75) is 6.92 Å². The number of H-pyrrole nitrogens is 1. The Morgan fingerprint density at radius 1 is 1.31 bits per heavy atom. The van der Waals surface area contributed by atoms with E-state index in [1.54, 1.807) is 7.11 Å². The summed E-state index contributed by atoms with van der Waals surface area (Å²) in [5.74, 6) is 0.873. The lowest BCUT2D eigenvalue weighted by Crippen LogP contribution is -1.82. The molecule has 0 spiro atoms. The highest BCUT2D eigenvalue weighted by Crippen LogP contribution is 2.29. The van der Waals surface area contributed by atoms with E-state index >= 15 is 0 Å². The van der Waals surface area contributed by atoms with E-state index in [-0.39, 0.29) is 0 Å². The minimum absolute atomic E-state index is 0.873. The molecule has 3 heteroatoms. The first kappa shape index (κ1) is 8.63. The lowest BCUT2D eigenvalue weighted by atomic mass is 10.2. The molecule has 1 N–H and O–H groups in total. The van der Waals surface area contributed by atoms with Crippen LogP contribution in [-0.2, 0) is 0 Å². The summed E-state index contributed by atoms with van der Waals surface area (Å²) >= 11 is 3.49. The van der Waals surface area contributed by atoms with Gasteiger partial charge in [-0.1, -0.05) is 0 Å². The zero-order valence-corrected chi connectivity index (χ0v) is 9.10. The number of aromatic nitrogens is 1. The lowest BCUT2D eigenvalue weighted by molar-refractivity contribution is 0.415. The molecule has 0 aliphatic carbocycles. The summed E-state index contributed by atoms with van der Waals surface area (Å²) in [4.78, 5) is 3.28. The lowest BCUT2D eigenvalue weighted by Gasteiger charge is -2.00. The predicted octanol–water partition coefficient (Wildman–Crippen LogP) is 3.25. The van der Waals surface area contributed by atoms with Crippen LogP contribution in [0.3, 0.4) is 0 Å². The molecule has 1 aromatic carbocycles. The summed E-state index contributed by atoms with van der Waals surface area (Å²) in [6.45, 7) is 2.04. The molecule has 2 rings (SSSR count). The van der Waals surface area contributed by atoms with Crippen LogP contribution in [-0.4, -0.2) is 12.1 Å². The zero-order valence-electron chi connectivity index (χ0n) is 7.52. The van der Waals surface area contributed by atoms with Crippen molar-refractivity contribution >= 4 is 26.8 Å². The molecule has 0 radical (unpaired) electrons. The number of nitrogens with one attached hydrogen (secondary N) is 1. The number of ether oxygens (including phenoxy) is 1. The first-order valence-electron chi connectivity index (χ1n) is 4.03. The molecule has 0 unspecified atom stereocenters. The fourth-order valence-electron chi connectivity index (χ4n) is 1.43. The second-order valence-corrected chi connectivity index (χ2v) is 3.88. The van der Waals surface area contributed by atoms with Crippen molar-refractivity contribution < 1.29 is 4.74 Å². The maximum atomic E-state index is 5.17. The summed E-state index contributed by atoms with van der Waals surface area (Å²) in [6, 6.07) is 6.07. The third-order valence-corrected chi connectivity index (χ3v) is 2.65. The highest BCUT2D eigenvalue weighted by atomic mass is 79.9. The van der Waals surface area contributed by atoms with E-state index in [1.807, 2.05) is 19.1 Å². The molecule has 0 atom stereocenters. The van der Waals surface area contributed by atoms with Crippen LogP contribution in [0.15, 0.2) is 22.7 Å². The summed E-state index contributed by atoms with van der Waals surface area (Å²) < 4.78 is 6.21. The van der Waals surface area contributed by atoms with E-state index in [4.69, 9.17) is 4.74 Å². The molecular weight excluding hydrogens is 230 g/mol. The number of halogens is 1. The van der Waals surface area contributed by atoms with Crippen LogP contribution in [0.25, 0.3) is 10.9 Å². The number of aromatic amines is 1. The highest BCUT2D eigenvalue weighted by molar-refractivity contribution is 9.10. The topological polar surface area (TPSA) is 25.0 Å². The van der Waals surface area contributed by atoms with Crippen molar-refractivity contribution in [1.29, 1.82) is 0 Å². The van der Waals surface area contributed by atoms with Crippen molar-refractivity contribution in [2.75, 3.05) is 7.11 Å². The first-order chi connectivity index (χ1) is 6.20. The average molecular weight is 240 g/mol. The van der Waals surface area contributed by atoms with Gasteiger partial charge < -0.3 is 9.72 Å². The van der Waals surface area contributed by atoms with Crippen LogP contribution in [0, 0.1) is 6.92 Å². The second-order valence-electron chi connectivity index (χ2n) is 3.03. The molecule has 1 aromatic heterocycles. The van der Waals surface area contributed by atoms with Gasteiger partial charge in [-0.2, -0.15) is 0 Å². The maximum absolute atomic E-state index is 5.17. The third kappa shape index (κ3) is 1.44. The first-order valence-corrected chi connectivity index (χ1v) is 4.83. The van der Waals surface area contributed by atoms with E-state index < -0.39 is 0 Å². The van der Waals surface area contributed by atoms with Gasteiger partial charge in [-0.15, -0.1) is 0 Å². The van der Waals surface area contributed by atoms with Gasteiger partial charge in [0.2, 0.25) is 0 Å². The molecule has 0 bridgehead atoms. The average Bonchev–Trinajstić information content (AvgIpc) is 2.46. The van der Waals surface area contributed by atoms with Crippen molar-refractivity contribution in [1.82, 2.24) is 4.98 Å². The van der Waals surface area contributed by atoms with Crippen LogP contribution < -0.4 is 4.74 Å². The number of fused-ring (bicyclic) bond motifs is 1. The molecule has 2 aromatic rings. The van der Waals surface area contributed by atoms with Gasteiger partial charge in [0.25, 0.3) is 0 Å². The van der Waals surface area contributed by atoms with E-state index in [0.29, 0.717) is 0 Å². The maximum Gasteiger partial charge on any atom is 0.120 e. The number of aryl methyl sites for hydroxylation is 1. The van der Waals surface area contributed by atoms with Crippen LogP contribution in [0.5, 0.6) is 5.75 Å². The third-order valence-electron chi connectivity index (χ3n) is 2.02. The number of methoxy groups -OCH3 is 1. The quantitative estimate of drug-likeness (QED) is 0.813. The highest BCUT2D eigenvalue weighted by Gasteiger charge is 2.04. The Bertz CT molecular complexity index is 447. The SMILES string of the molecule is COc1cc(Br)c2[nH]c(C)cc2c1. The normalized spacial score (nSPS) is 10.7.